The van der Waals surface area contributed by atoms with Gasteiger partial charge in [-0.2, -0.15) is 0 Å². The Kier molecular flexibility index (Phi) is 5.79. The zero-order chi connectivity index (χ0) is 16.1. The maximum absolute atomic E-state index is 12.4. The van der Waals surface area contributed by atoms with Gasteiger partial charge in [0.05, 0.1) is 11.1 Å². The number of carbonyl (C=O) groups excluding carboxylic acids is 1. The van der Waals surface area contributed by atoms with E-state index in [4.69, 9.17) is 0 Å². The number of hydrogen-bond donors (Lipinski definition) is 1. The molecule has 0 aliphatic heterocycles. The van der Waals surface area contributed by atoms with Crippen LogP contribution in [0.5, 0.6) is 0 Å². The molecule has 0 atom stereocenters. The van der Waals surface area contributed by atoms with E-state index in [0.717, 1.165) is 0 Å². The Balaban J connectivity index is 2.19. The Morgan fingerprint density at radius 2 is 2.36 bits per heavy atom. The quantitative estimate of drug-likeness (QED) is 0.479. The smallest absolute Gasteiger partial charge is 0.263 e. The lowest BCUT2D eigenvalue weighted by Gasteiger charge is -2.10. The summed E-state index contributed by atoms with van der Waals surface area (Å²) in [5.74, 6) is 0.602. The fourth-order valence-corrected chi connectivity index (χ4v) is 3.47. The molecule has 0 saturated heterocycles. The van der Waals surface area contributed by atoms with Crippen molar-refractivity contribution in [3.63, 3.8) is 0 Å². The Morgan fingerprint density at radius 3 is 3.05 bits per heavy atom. The fourth-order valence-electron chi connectivity index (χ4n) is 1.83. The highest BCUT2D eigenvalue weighted by molar-refractivity contribution is 7.99. The van der Waals surface area contributed by atoms with E-state index in [9.17, 15) is 9.59 Å². The van der Waals surface area contributed by atoms with Gasteiger partial charge >= 0.3 is 0 Å². The normalized spacial score (nSPS) is 11.0. The first-order chi connectivity index (χ1) is 10.5. The minimum atomic E-state index is -0.0868. The van der Waals surface area contributed by atoms with Crippen LogP contribution >= 0.6 is 23.1 Å². The number of aromatic nitrogens is 2. The van der Waals surface area contributed by atoms with E-state index in [2.05, 4.69) is 16.9 Å². The van der Waals surface area contributed by atoms with Crippen LogP contribution in [-0.4, -0.2) is 27.8 Å². The summed E-state index contributed by atoms with van der Waals surface area (Å²) in [5.41, 5.74) is -0.0868. The van der Waals surface area contributed by atoms with Crippen molar-refractivity contribution < 1.29 is 4.79 Å². The summed E-state index contributed by atoms with van der Waals surface area (Å²) in [7, 11) is 0. The van der Waals surface area contributed by atoms with Gasteiger partial charge in [0.1, 0.15) is 4.83 Å². The van der Waals surface area contributed by atoms with E-state index in [1.807, 2.05) is 19.2 Å². The van der Waals surface area contributed by atoms with Crippen LogP contribution in [0.15, 0.2) is 34.1 Å². The third-order valence-electron chi connectivity index (χ3n) is 2.90. The summed E-state index contributed by atoms with van der Waals surface area (Å²) in [5, 5.41) is 5.87. The van der Waals surface area contributed by atoms with Crippen molar-refractivity contribution in [2.75, 3.05) is 12.3 Å². The van der Waals surface area contributed by atoms with Crippen LogP contribution in [0.1, 0.15) is 13.8 Å². The minimum Gasteiger partial charge on any atom is -0.355 e. The van der Waals surface area contributed by atoms with Gasteiger partial charge in [0.2, 0.25) is 5.91 Å². The van der Waals surface area contributed by atoms with E-state index in [0.29, 0.717) is 34.4 Å². The number of hydrogen-bond acceptors (Lipinski definition) is 5. The molecule has 2 rings (SSSR count). The number of nitrogens with zero attached hydrogens (tertiary/aromatic N) is 2. The first-order valence-electron chi connectivity index (χ1n) is 7.01. The van der Waals surface area contributed by atoms with Crippen molar-refractivity contribution in [1.29, 1.82) is 0 Å². The van der Waals surface area contributed by atoms with Gasteiger partial charge in [-0.15, -0.1) is 17.9 Å². The third-order valence-corrected chi connectivity index (χ3v) is 4.68. The minimum absolute atomic E-state index is 0.0515. The number of thiophene rings is 1. The molecule has 118 valence electrons. The van der Waals surface area contributed by atoms with E-state index in [-0.39, 0.29) is 17.2 Å². The van der Waals surface area contributed by atoms with Crippen LogP contribution in [0.4, 0.5) is 0 Å². The second-order valence-corrected chi connectivity index (χ2v) is 7.06. The van der Waals surface area contributed by atoms with Gasteiger partial charge in [-0.05, 0) is 17.4 Å². The van der Waals surface area contributed by atoms with Crippen LogP contribution in [0.25, 0.3) is 10.2 Å². The van der Waals surface area contributed by atoms with Gasteiger partial charge < -0.3 is 5.32 Å². The number of rotatable bonds is 7. The molecule has 7 heteroatoms. The van der Waals surface area contributed by atoms with Crippen molar-refractivity contribution in [1.82, 2.24) is 14.9 Å². The lowest BCUT2D eigenvalue weighted by molar-refractivity contribution is -0.118. The number of nitrogens with one attached hydrogen (secondary N) is 1. The summed E-state index contributed by atoms with van der Waals surface area (Å²) in [4.78, 5) is 29.5. The maximum atomic E-state index is 12.4. The summed E-state index contributed by atoms with van der Waals surface area (Å²) in [6.07, 6.45) is 1.66. The van der Waals surface area contributed by atoms with Gasteiger partial charge in [0, 0.05) is 13.1 Å². The lowest BCUT2D eigenvalue weighted by Crippen LogP contribution is -2.29. The molecule has 0 radical (unpaired) electrons. The van der Waals surface area contributed by atoms with Gasteiger partial charge in [-0.3, -0.25) is 14.2 Å². The van der Waals surface area contributed by atoms with E-state index < -0.39 is 0 Å². The second-order valence-electron chi connectivity index (χ2n) is 5.22. The van der Waals surface area contributed by atoms with E-state index >= 15 is 0 Å². The van der Waals surface area contributed by atoms with Crippen LogP contribution in [0.3, 0.4) is 0 Å². The van der Waals surface area contributed by atoms with Gasteiger partial charge in [-0.25, -0.2) is 4.98 Å². The molecule has 22 heavy (non-hydrogen) atoms. The number of amides is 1. The molecule has 5 nitrogen and oxygen atoms in total. The van der Waals surface area contributed by atoms with Crippen molar-refractivity contribution in [3.8, 4) is 0 Å². The first kappa shape index (κ1) is 16.8. The largest absolute Gasteiger partial charge is 0.355 e. The molecular weight excluding hydrogens is 318 g/mol. The molecule has 2 aromatic heterocycles. The molecule has 0 unspecified atom stereocenters. The Hall–Kier alpha value is -1.60. The number of carbonyl (C=O) groups is 1. The Bertz CT molecular complexity index is 734. The van der Waals surface area contributed by atoms with Crippen LogP contribution < -0.4 is 10.9 Å². The van der Waals surface area contributed by atoms with Gasteiger partial charge in [0.15, 0.2) is 5.16 Å². The average molecular weight is 337 g/mol. The third kappa shape index (κ3) is 3.98. The summed E-state index contributed by atoms with van der Waals surface area (Å²) in [6.45, 7) is 8.79. The zero-order valence-electron chi connectivity index (χ0n) is 12.7. The van der Waals surface area contributed by atoms with Crippen molar-refractivity contribution >= 4 is 39.2 Å². The van der Waals surface area contributed by atoms with E-state index in [1.165, 1.54) is 23.1 Å². The second kappa shape index (κ2) is 7.60. The Morgan fingerprint density at radius 1 is 1.59 bits per heavy atom. The molecule has 1 amide bonds. The standard InChI is InChI=1S/C15H19N3O2S2/c1-4-6-18-14(20)11-5-7-21-13(11)17-15(18)22-9-12(19)16-8-10(2)3/h4-5,7,10H,1,6,8-9H2,2-3H3,(H,16,19). The zero-order valence-corrected chi connectivity index (χ0v) is 14.3. The molecular formula is C15H19N3O2S2. The number of fused-ring (bicyclic) bond motifs is 1. The average Bonchev–Trinajstić information content (AvgIpc) is 2.95. The highest BCUT2D eigenvalue weighted by Gasteiger charge is 2.13. The molecule has 0 aromatic carbocycles. The topological polar surface area (TPSA) is 64.0 Å². The summed E-state index contributed by atoms with van der Waals surface area (Å²) < 4.78 is 1.56. The molecule has 0 saturated carbocycles. The predicted octanol–water partition coefficient (Wildman–Crippen LogP) is 2.51. The van der Waals surface area contributed by atoms with Crippen molar-refractivity contribution in [3.05, 3.63) is 34.5 Å². The molecule has 0 bridgehead atoms. The van der Waals surface area contributed by atoms with Gasteiger partial charge in [-0.1, -0.05) is 31.7 Å². The SMILES string of the molecule is C=CCn1c(SCC(=O)NCC(C)C)nc2sccc2c1=O. The van der Waals surface area contributed by atoms with Gasteiger partial charge in [0.25, 0.3) is 5.56 Å². The highest BCUT2D eigenvalue weighted by Crippen LogP contribution is 2.21. The van der Waals surface area contributed by atoms with Crippen LogP contribution in [0, 0.1) is 5.92 Å². The summed E-state index contributed by atoms with van der Waals surface area (Å²) >= 11 is 2.70. The molecule has 0 aliphatic carbocycles. The molecule has 1 N–H and O–H groups in total. The maximum Gasteiger partial charge on any atom is 0.263 e. The van der Waals surface area contributed by atoms with Crippen molar-refractivity contribution in [2.24, 2.45) is 5.92 Å². The molecule has 2 heterocycles. The molecule has 0 aliphatic rings. The molecule has 0 fully saturated rings. The van der Waals surface area contributed by atoms with E-state index in [1.54, 1.807) is 16.7 Å². The number of allylic oxidation sites excluding steroid dienone is 1. The Labute approximate surface area is 137 Å². The van der Waals surface area contributed by atoms with Crippen LogP contribution in [0.2, 0.25) is 0 Å². The first-order valence-corrected chi connectivity index (χ1v) is 8.88. The predicted molar refractivity (Wildman–Crippen MR) is 92.6 cm³/mol. The van der Waals surface area contributed by atoms with Crippen molar-refractivity contribution in [2.45, 2.75) is 25.5 Å². The number of thioether (sulfide) groups is 1. The fraction of sp³-hybridized carbons (Fsp3) is 0.400. The van der Waals surface area contributed by atoms with Crippen LogP contribution in [-0.2, 0) is 11.3 Å². The summed E-state index contributed by atoms with van der Waals surface area (Å²) in [6, 6.07) is 1.78. The monoisotopic (exact) mass is 337 g/mol. The molecule has 2 aromatic rings. The molecule has 0 spiro atoms. The lowest BCUT2D eigenvalue weighted by atomic mass is 10.2. The highest BCUT2D eigenvalue weighted by atomic mass is 32.2.